The zero-order valence-corrected chi connectivity index (χ0v) is 22.8. The molecule has 1 aliphatic heterocycles. The molecule has 9 atom stereocenters. The standard InChI is InChI=1S/C31H43NO6/c1-20(5-6-23-4-3-15-37-23)32-19-29-12-7-22(33)17-30(29,35)13-9-26-25(29)8-11-28(2)24(10-14-31(26,28)36)21-16-27(34)38-18-21/h3-4,15-16,19-20,22,24-26,33,35-36H,5-14,17-18H2,1-2H3/t20-,22-,24+,25-,26-,28-,29-,30-,31-/m0/s1. The van der Waals surface area contributed by atoms with E-state index in [1.54, 1.807) is 12.3 Å². The fourth-order valence-electron chi connectivity index (χ4n) is 9.50. The molecule has 0 amide bonds. The lowest BCUT2D eigenvalue weighted by molar-refractivity contribution is -0.237. The molecule has 3 N–H and O–H groups in total. The number of hydrogen-bond donors (Lipinski definition) is 3. The first-order valence-electron chi connectivity index (χ1n) is 14.7. The fraction of sp³-hybridized carbons (Fsp3) is 0.742. The number of cyclic esters (lactones) is 1. The van der Waals surface area contributed by atoms with Crippen LogP contribution < -0.4 is 0 Å². The Morgan fingerprint density at radius 3 is 2.68 bits per heavy atom. The highest BCUT2D eigenvalue weighted by atomic mass is 16.5. The molecule has 6 rings (SSSR count). The SMILES string of the molecule is C[C@@H](CCc1ccco1)N=C[C@]12CC[C@H](O)C[C@@]1(O)CC[C@H]1[C@@H]2CC[C@@]2(C)[C@@H](C3=CC(=O)OC3)CC[C@]12O. The van der Waals surface area contributed by atoms with Gasteiger partial charge in [0.15, 0.2) is 0 Å². The molecule has 2 heterocycles. The van der Waals surface area contributed by atoms with Gasteiger partial charge in [-0.25, -0.2) is 4.79 Å². The highest BCUT2D eigenvalue weighted by Crippen LogP contribution is 2.70. The van der Waals surface area contributed by atoms with Crippen molar-refractivity contribution in [2.45, 2.75) is 108 Å². The number of aliphatic hydroxyl groups excluding tert-OH is 1. The highest BCUT2D eigenvalue weighted by Gasteiger charge is 2.71. The van der Waals surface area contributed by atoms with Gasteiger partial charge in [0.25, 0.3) is 0 Å². The van der Waals surface area contributed by atoms with Crippen LogP contribution in [0.15, 0.2) is 39.5 Å². The minimum absolute atomic E-state index is 0.0465. The third kappa shape index (κ3) is 3.87. The summed E-state index contributed by atoms with van der Waals surface area (Å²) in [6.07, 6.45) is 12.9. The van der Waals surface area contributed by atoms with E-state index < -0.39 is 22.7 Å². The summed E-state index contributed by atoms with van der Waals surface area (Å²) < 4.78 is 10.8. The first-order chi connectivity index (χ1) is 18.1. The minimum Gasteiger partial charge on any atom is -0.469 e. The van der Waals surface area contributed by atoms with Crippen molar-refractivity contribution >= 4 is 12.2 Å². The second-order valence-corrected chi connectivity index (χ2v) is 13.3. The van der Waals surface area contributed by atoms with Gasteiger partial charge in [-0.15, -0.1) is 0 Å². The van der Waals surface area contributed by atoms with E-state index in [-0.39, 0.29) is 35.2 Å². The number of aliphatic hydroxyl groups is 3. The minimum atomic E-state index is -1.02. The van der Waals surface area contributed by atoms with Crippen molar-refractivity contribution < 1.29 is 29.3 Å². The molecule has 7 nitrogen and oxygen atoms in total. The number of ether oxygens (including phenoxy) is 1. The van der Waals surface area contributed by atoms with Crippen LogP contribution in [0.25, 0.3) is 0 Å². The van der Waals surface area contributed by atoms with Gasteiger partial charge in [-0.05, 0) is 100 Å². The monoisotopic (exact) mass is 525 g/mol. The van der Waals surface area contributed by atoms with E-state index in [0.717, 1.165) is 49.9 Å². The Morgan fingerprint density at radius 2 is 1.95 bits per heavy atom. The van der Waals surface area contributed by atoms with Crippen LogP contribution in [-0.2, 0) is 16.0 Å². The maximum atomic E-state index is 12.5. The first kappa shape index (κ1) is 26.3. The number of esters is 1. The van der Waals surface area contributed by atoms with Gasteiger partial charge in [0.2, 0.25) is 0 Å². The van der Waals surface area contributed by atoms with Gasteiger partial charge in [0, 0.05) is 42.0 Å². The Labute approximate surface area is 225 Å². The lowest BCUT2D eigenvalue weighted by Gasteiger charge is -2.65. The van der Waals surface area contributed by atoms with Gasteiger partial charge in [-0.2, -0.15) is 0 Å². The van der Waals surface area contributed by atoms with Crippen molar-refractivity contribution in [1.82, 2.24) is 0 Å². The van der Waals surface area contributed by atoms with Crippen LogP contribution in [0.2, 0.25) is 0 Å². The lowest BCUT2D eigenvalue weighted by atomic mass is 9.41. The molecule has 0 unspecified atom stereocenters. The number of carbonyl (C=O) groups excluding carboxylic acids is 1. The molecule has 0 spiro atoms. The third-order valence-corrected chi connectivity index (χ3v) is 11.6. The van der Waals surface area contributed by atoms with Gasteiger partial charge in [0.05, 0.1) is 23.6 Å². The van der Waals surface area contributed by atoms with Crippen LogP contribution in [0.3, 0.4) is 0 Å². The second kappa shape index (κ2) is 9.31. The summed E-state index contributed by atoms with van der Waals surface area (Å²) in [6, 6.07) is 3.96. The summed E-state index contributed by atoms with van der Waals surface area (Å²) in [5.41, 5.74) is -1.74. The van der Waals surface area contributed by atoms with E-state index in [1.807, 2.05) is 12.1 Å². The summed E-state index contributed by atoms with van der Waals surface area (Å²) in [4.78, 5) is 16.9. The molecule has 0 bridgehead atoms. The number of furan rings is 1. The van der Waals surface area contributed by atoms with Crippen LogP contribution in [0.5, 0.6) is 0 Å². The van der Waals surface area contributed by atoms with E-state index in [2.05, 4.69) is 20.1 Å². The normalized spacial score (nSPS) is 45.3. The molecule has 1 aromatic heterocycles. The average molecular weight is 526 g/mol. The number of rotatable bonds is 6. The summed E-state index contributed by atoms with van der Waals surface area (Å²) in [5.74, 6) is 0.967. The summed E-state index contributed by atoms with van der Waals surface area (Å²) in [6.45, 7) is 4.67. The molecule has 208 valence electrons. The molecule has 4 saturated carbocycles. The molecule has 1 aromatic rings. The van der Waals surface area contributed by atoms with Crippen LogP contribution in [0.4, 0.5) is 0 Å². The van der Waals surface area contributed by atoms with Gasteiger partial charge in [-0.3, -0.25) is 4.99 Å². The van der Waals surface area contributed by atoms with Crippen molar-refractivity contribution in [1.29, 1.82) is 0 Å². The van der Waals surface area contributed by atoms with E-state index in [0.29, 0.717) is 38.7 Å². The molecule has 38 heavy (non-hydrogen) atoms. The fourth-order valence-corrected chi connectivity index (χ4v) is 9.50. The third-order valence-electron chi connectivity index (χ3n) is 11.6. The molecule has 0 radical (unpaired) electrons. The number of hydrogen-bond acceptors (Lipinski definition) is 7. The predicted octanol–water partition coefficient (Wildman–Crippen LogP) is 4.38. The molecule has 4 fully saturated rings. The maximum absolute atomic E-state index is 12.5. The Bertz CT molecular complexity index is 1110. The van der Waals surface area contributed by atoms with Crippen molar-refractivity contribution in [2.24, 2.45) is 33.6 Å². The molecule has 0 saturated heterocycles. The Balaban J connectivity index is 1.30. The lowest BCUT2D eigenvalue weighted by Crippen LogP contribution is -2.68. The summed E-state index contributed by atoms with van der Waals surface area (Å²) in [5, 5.41) is 35.3. The highest BCUT2D eigenvalue weighted by molar-refractivity contribution is 5.85. The zero-order valence-electron chi connectivity index (χ0n) is 22.8. The topological polar surface area (TPSA) is 112 Å². The van der Waals surface area contributed by atoms with Crippen LogP contribution >= 0.6 is 0 Å². The quantitative estimate of drug-likeness (QED) is 0.375. The number of aliphatic imine (C=N–C) groups is 1. The number of fused-ring (bicyclic) bond motifs is 5. The Morgan fingerprint density at radius 1 is 1.13 bits per heavy atom. The van der Waals surface area contributed by atoms with Crippen molar-refractivity contribution in [3.8, 4) is 0 Å². The van der Waals surface area contributed by atoms with Crippen molar-refractivity contribution in [3.05, 3.63) is 35.8 Å². The number of nitrogens with zero attached hydrogens (tertiary/aromatic N) is 1. The van der Waals surface area contributed by atoms with Crippen molar-refractivity contribution in [2.75, 3.05) is 6.61 Å². The smallest absolute Gasteiger partial charge is 0.331 e. The Kier molecular flexibility index (Phi) is 6.44. The summed E-state index contributed by atoms with van der Waals surface area (Å²) >= 11 is 0. The molecule has 4 aliphatic carbocycles. The maximum Gasteiger partial charge on any atom is 0.331 e. The molecule has 0 aromatic carbocycles. The largest absolute Gasteiger partial charge is 0.469 e. The Hall–Kier alpha value is -1.96. The predicted molar refractivity (Wildman–Crippen MR) is 142 cm³/mol. The summed E-state index contributed by atoms with van der Waals surface area (Å²) in [7, 11) is 0. The average Bonchev–Trinajstić information content (AvgIpc) is 3.61. The van der Waals surface area contributed by atoms with Gasteiger partial charge >= 0.3 is 5.97 Å². The van der Waals surface area contributed by atoms with Crippen LogP contribution in [0.1, 0.15) is 83.8 Å². The second-order valence-electron chi connectivity index (χ2n) is 13.3. The van der Waals surface area contributed by atoms with E-state index in [1.165, 1.54) is 0 Å². The van der Waals surface area contributed by atoms with Gasteiger partial charge < -0.3 is 24.5 Å². The molecular weight excluding hydrogens is 482 g/mol. The number of carbonyl (C=O) groups is 1. The van der Waals surface area contributed by atoms with E-state index in [4.69, 9.17) is 14.1 Å². The van der Waals surface area contributed by atoms with Crippen LogP contribution in [0, 0.1) is 28.6 Å². The van der Waals surface area contributed by atoms with Gasteiger partial charge in [-0.1, -0.05) is 6.92 Å². The number of aryl methyl sites for hydroxylation is 1. The van der Waals surface area contributed by atoms with E-state index >= 15 is 0 Å². The molecular formula is C31H43NO6. The molecule has 5 aliphatic rings. The van der Waals surface area contributed by atoms with E-state index in [9.17, 15) is 20.1 Å². The van der Waals surface area contributed by atoms with Crippen LogP contribution in [-0.4, -0.2) is 57.5 Å². The van der Waals surface area contributed by atoms with Gasteiger partial charge in [0.1, 0.15) is 12.4 Å². The first-order valence-corrected chi connectivity index (χ1v) is 14.7. The zero-order chi connectivity index (χ0) is 26.8. The molecule has 7 heteroatoms. The van der Waals surface area contributed by atoms with Crippen molar-refractivity contribution in [3.63, 3.8) is 0 Å².